The Morgan fingerprint density at radius 3 is 2.55 bits per heavy atom. The maximum Gasteiger partial charge on any atom is 0.247 e. The van der Waals surface area contributed by atoms with Gasteiger partial charge in [0, 0.05) is 12.6 Å². The lowest BCUT2D eigenvalue weighted by atomic mass is 10.1. The Morgan fingerprint density at radius 2 is 1.95 bits per heavy atom. The summed E-state index contributed by atoms with van der Waals surface area (Å²) in [4.78, 5) is 25.3. The Hall–Kier alpha value is -2.19. The zero-order chi connectivity index (χ0) is 14.1. The number of nitrogens with zero attached hydrogens (tertiary/aromatic N) is 2. The molecule has 0 aromatic heterocycles. The van der Waals surface area contributed by atoms with Crippen molar-refractivity contribution >= 4 is 11.8 Å². The van der Waals surface area contributed by atoms with E-state index in [-0.39, 0.29) is 24.3 Å². The minimum absolute atomic E-state index is 0.0603. The number of carbonyl (C=O) groups is 2. The molecule has 1 saturated heterocycles. The van der Waals surface area contributed by atoms with Gasteiger partial charge in [-0.25, -0.2) is 0 Å². The molecule has 1 saturated carbocycles. The van der Waals surface area contributed by atoms with Crippen molar-refractivity contribution < 1.29 is 9.59 Å². The number of imide groups is 1. The largest absolute Gasteiger partial charge is 0.301 e. The van der Waals surface area contributed by atoms with Gasteiger partial charge >= 0.3 is 0 Å². The summed E-state index contributed by atoms with van der Waals surface area (Å²) in [7, 11) is 0. The van der Waals surface area contributed by atoms with Gasteiger partial charge in [-0.3, -0.25) is 14.5 Å². The highest BCUT2D eigenvalue weighted by Crippen LogP contribution is 2.31. The number of carbonyl (C=O) groups excluding carboxylic acids is 2. The van der Waals surface area contributed by atoms with E-state index in [1.54, 1.807) is 12.1 Å². The smallest absolute Gasteiger partial charge is 0.247 e. The van der Waals surface area contributed by atoms with Crippen LogP contribution in [0.25, 0.3) is 0 Å². The number of nitrogens with one attached hydrogen (secondary N) is 1. The highest BCUT2D eigenvalue weighted by Gasteiger charge is 2.45. The van der Waals surface area contributed by atoms with Crippen LogP contribution in [0.15, 0.2) is 24.3 Å². The lowest BCUT2D eigenvalue weighted by Crippen LogP contribution is -2.39. The van der Waals surface area contributed by atoms with Crippen molar-refractivity contribution in [3.63, 3.8) is 0 Å². The van der Waals surface area contributed by atoms with Gasteiger partial charge in [-0.1, -0.05) is 12.1 Å². The van der Waals surface area contributed by atoms with E-state index in [1.165, 1.54) is 4.90 Å². The lowest BCUT2D eigenvalue weighted by molar-refractivity contribution is -0.139. The monoisotopic (exact) mass is 269 g/mol. The van der Waals surface area contributed by atoms with Crippen molar-refractivity contribution in [2.75, 3.05) is 0 Å². The highest BCUT2D eigenvalue weighted by atomic mass is 16.2. The predicted molar refractivity (Wildman–Crippen MR) is 71.3 cm³/mol. The van der Waals surface area contributed by atoms with Crippen molar-refractivity contribution in [2.45, 2.75) is 37.9 Å². The van der Waals surface area contributed by atoms with Crippen LogP contribution >= 0.6 is 0 Å². The molecule has 5 heteroatoms. The van der Waals surface area contributed by atoms with Gasteiger partial charge < -0.3 is 5.32 Å². The molecular formula is C15H15N3O2. The standard InChI is InChI=1S/C15H15N3O2/c16-8-10-1-3-11(4-2-10)9-17-13-7-14(19)18(15(13)20)12-5-6-12/h1-4,12-13,17H,5-7,9H2. The van der Waals surface area contributed by atoms with E-state index < -0.39 is 6.04 Å². The van der Waals surface area contributed by atoms with Crippen LogP contribution < -0.4 is 5.32 Å². The van der Waals surface area contributed by atoms with Crippen LogP contribution in [0.3, 0.4) is 0 Å². The van der Waals surface area contributed by atoms with Crippen molar-refractivity contribution in [3.05, 3.63) is 35.4 Å². The van der Waals surface area contributed by atoms with E-state index >= 15 is 0 Å². The van der Waals surface area contributed by atoms with Crippen LogP contribution in [0.4, 0.5) is 0 Å². The Balaban J connectivity index is 1.59. The maximum absolute atomic E-state index is 12.1. The summed E-state index contributed by atoms with van der Waals surface area (Å²) in [5.74, 6) is -0.152. The van der Waals surface area contributed by atoms with Gasteiger partial charge in [0.15, 0.2) is 0 Å². The summed E-state index contributed by atoms with van der Waals surface area (Å²) in [5, 5.41) is 11.9. The molecule has 1 aromatic rings. The number of rotatable bonds is 4. The van der Waals surface area contributed by atoms with Crippen LogP contribution in [-0.2, 0) is 16.1 Å². The number of amides is 2. The third-order valence-corrected chi connectivity index (χ3v) is 3.73. The van der Waals surface area contributed by atoms with E-state index in [1.807, 2.05) is 12.1 Å². The van der Waals surface area contributed by atoms with Crippen LogP contribution in [0.1, 0.15) is 30.4 Å². The predicted octanol–water partition coefficient (Wildman–Crippen LogP) is 0.938. The lowest BCUT2D eigenvalue weighted by Gasteiger charge is -2.14. The summed E-state index contributed by atoms with van der Waals surface area (Å²) in [6, 6.07) is 9.01. The van der Waals surface area contributed by atoms with Crippen LogP contribution in [0.2, 0.25) is 0 Å². The van der Waals surface area contributed by atoms with Crippen LogP contribution in [0, 0.1) is 11.3 Å². The zero-order valence-electron chi connectivity index (χ0n) is 11.0. The molecule has 2 amide bonds. The highest BCUT2D eigenvalue weighted by molar-refractivity contribution is 6.06. The van der Waals surface area contributed by atoms with Crippen LogP contribution in [0.5, 0.6) is 0 Å². The van der Waals surface area contributed by atoms with Gasteiger partial charge in [-0.15, -0.1) is 0 Å². The fourth-order valence-corrected chi connectivity index (χ4v) is 2.47. The SMILES string of the molecule is N#Cc1ccc(CNC2CC(=O)N(C3CC3)C2=O)cc1. The quantitative estimate of drug-likeness (QED) is 0.825. The van der Waals surface area contributed by atoms with E-state index in [2.05, 4.69) is 11.4 Å². The average molecular weight is 269 g/mol. The average Bonchev–Trinajstić information content (AvgIpc) is 3.24. The molecule has 1 unspecified atom stereocenters. The van der Waals surface area contributed by atoms with Gasteiger partial charge in [0.05, 0.1) is 24.1 Å². The topological polar surface area (TPSA) is 73.2 Å². The van der Waals surface area contributed by atoms with Crippen LogP contribution in [-0.4, -0.2) is 28.8 Å². The minimum Gasteiger partial charge on any atom is -0.301 e. The fourth-order valence-electron chi connectivity index (χ4n) is 2.47. The molecule has 3 rings (SSSR count). The second-order valence-electron chi connectivity index (χ2n) is 5.28. The molecule has 0 spiro atoms. The van der Waals surface area contributed by atoms with Gasteiger partial charge in [0.25, 0.3) is 0 Å². The Morgan fingerprint density at radius 1 is 1.25 bits per heavy atom. The summed E-state index contributed by atoms with van der Waals surface area (Å²) >= 11 is 0. The van der Waals surface area contributed by atoms with E-state index in [0.29, 0.717) is 12.1 Å². The molecule has 1 aromatic carbocycles. The molecule has 0 radical (unpaired) electrons. The first-order valence-electron chi connectivity index (χ1n) is 6.77. The molecule has 0 bridgehead atoms. The minimum atomic E-state index is -0.404. The maximum atomic E-state index is 12.1. The van der Waals surface area contributed by atoms with E-state index in [0.717, 1.165) is 18.4 Å². The Kier molecular flexibility index (Phi) is 3.25. The van der Waals surface area contributed by atoms with E-state index in [9.17, 15) is 9.59 Å². The van der Waals surface area contributed by atoms with Gasteiger partial charge in [0.1, 0.15) is 0 Å². The number of nitriles is 1. The van der Waals surface area contributed by atoms with Crippen molar-refractivity contribution in [3.8, 4) is 6.07 Å². The second kappa shape index (κ2) is 5.06. The first kappa shape index (κ1) is 12.8. The summed E-state index contributed by atoms with van der Waals surface area (Å²) in [5.41, 5.74) is 1.61. The summed E-state index contributed by atoms with van der Waals surface area (Å²) in [6.45, 7) is 0.522. The van der Waals surface area contributed by atoms with Crippen molar-refractivity contribution in [1.82, 2.24) is 10.2 Å². The first-order chi connectivity index (χ1) is 9.69. The third kappa shape index (κ3) is 2.43. The number of benzene rings is 1. The van der Waals surface area contributed by atoms with Gasteiger partial charge in [0.2, 0.25) is 11.8 Å². The van der Waals surface area contributed by atoms with E-state index in [4.69, 9.17) is 5.26 Å². The summed E-state index contributed by atoms with van der Waals surface area (Å²) < 4.78 is 0. The molecule has 1 aliphatic heterocycles. The molecule has 102 valence electrons. The van der Waals surface area contributed by atoms with Crippen molar-refractivity contribution in [1.29, 1.82) is 5.26 Å². The number of hydrogen-bond acceptors (Lipinski definition) is 4. The molecule has 20 heavy (non-hydrogen) atoms. The summed E-state index contributed by atoms with van der Waals surface area (Å²) in [6.07, 6.45) is 2.14. The molecule has 1 heterocycles. The number of likely N-dealkylation sites (tertiary alicyclic amines) is 1. The fraction of sp³-hybridized carbons (Fsp3) is 0.400. The third-order valence-electron chi connectivity index (χ3n) is 3.73. The first-order valence-corrected chi connectivity index (χ1v) is 6.77. The molecule has 2 fully saturated rings. The molecular weight excluding hydrogens is 254 g/mol. The molecule has 5 nitrogen and oxygen atoms in total. The Bertz CT molecular complexity index is 584. The molecule has 1 aliphatic carbocycles. The Labute approximate surface area is 117 Å². The second-order valence-corrected chi connectivity index (χ2v) is 5.28. The molecule has 2 aliphatic rings. The molecule has 1 atom stereocenters. The zero-order valence-corrected chi connectivity index (χ0v) is 11.0. The van der Waals surface area contributed by atoms with Gasteiger partial charge in [-0.2, -0.15) is 5.26 Å². The molecule has 1 N–H and O–H groups in total. The van der Waals surface area contributed by atoms with Gasteiger partial charge in [-0.05, 0) is 30.5 Å². The normalized spacial score (nSPS) is 22.1. The van der Waals surface area contributed by atoms with Crippen molar-refractivity contribution in [2.24, 2.45) is 0 Å². The number of hydrogen-bond donors (Lipinski definition) is 1.